The summed E-state index contributed by atoms with van der Waals surface area (Å²) in [5, 5.41) is 0. The maximum absolute atomic E-state index is 12.5. The molecule has 4 saturated carbocycles. The largest absolute Gasteiger partial charge is 0.381 e. The highest BCUT2D eigenvalue weighted by atomic mass is 16.5. The van der Waals surface area contributed by atoms with Gasteiger partial charge in [-0.15, -0.1) is 0 Å². The molecule has 4 aliphatic rings. The lowest BCUT2D eigenvalue weighted by Crippen LogP contribution is -2.58. The van der Waals surface area contributed by atoms with Crippen molar-refractivity contribution in [1.82, 2.24) is 0 Å². The Morgan fingerprint density at radius 1 is 1.04 bits per heavy atom. The van der Waals surface area contributed by atoms with Crippen LogP contribution in [-0.2, 0) is 14.3 Å². The minimum absolute atomic E-state index is 0.106. The quantitative estimate of drug-likeness (QED) is 0.739. The lowest BCUT2D eigenvalue weighted by molar-refractivity contribution is -0.172. The van der Waals surface area contributed by atoms with Crippen molar-refractivity contribution < 1.29 is 14.3 Å². The molecule has 0 heterocycles. The van der Waals surface area contributed by atoms with Crippen LogP contribution >= 0.6 is 0 Å². The number of hydrogen-bond donors (Lipinski definition) is 0. The maximum atomic E-state index is 12.5. The number of fused-ring (bicyclic) bond motifs is 5. The summed E-state index contributed by atoms with van der Waals surface area (Å²) in [6.45, 7) is 4.65. The van der Waals surface area contributed by atoms with E-state index in [1.807, 2.05) is 7.11 Å². The Hall–Kier alpha value is -0.700. The summed E-state index contributed by atoms with van der Waals surface area (Å²) in [5.41, 5.74) is 0.173. The Labute approximate surface area is 139 Å². The van der Waals surface area contributed by atoms with Gasteiger partial charge in [0.1, 0.15) is 11.6 Å². The van der Waals surface area contributed by atoms with E-state index in [0.29, 0.717) is 35.2 Å². The van der Waals surface area contributed by atoms with E-state index < -0.39 is 0 Å². The van der Waals surface area contributed by atoms with Crippen molar-refractivity contribution in [3.8, 4) is 0 Å². The fourth-order valence-electron chi connectivity index (χ4n) is 7.01. The maximum Gasteiger partial charge on any atom is 0.139 e. The Balaban J connectivity index is 1.72. The van der Waals surface area contributed by atoms with Crippen LogP contribution in [0.4, 0.5) is 0 Å². The van der Waals surface area contributed by atoms with E-state index in [0.717, 1.165) is 51.4 Å². The zero-order valence-electron chi connectivity index (χ0n) is 14.8. The number of ketones is 2. The molecule has 4 rings (SSSR count). The molecule has 7 atom stereocenters. The van der Waals surface area contributed by atoms with Gasteiger partial charge in [0.15, 0.2) is 0 Å². The van der Waals surface area contributed by atoms with E-state index in [1.54, 1.807) is 0 Å². The molecule has 0 amide bonds. The Morgan fingerprint density at radius 3 is 2.57 bits per heavy atom. The monoisotopic (exact) mass is 318 g/mol. The molecule has 4 fully saturated rings. The van der Waals surface area contributed by atoms with Gasteiger partial charge in [0.2, 0.25) is 0 Å². The third-order valence-corrected chi connectivity index (χ3v) is 8.49. The van der Waals surface area contributed by atoms with Gasteiger partial charge in [0, 0.05) is 31.8 Å². The molecule has 1 unspecified atom stereocenters. The number of carbonyl (C=O) groups is 2. The summed E-state index contributed by atoms with van der Waals surface area (Å²) in [5.74, 6) is 3.05. The smallest absolute Gasteiger partial charge is 0.139 e. The first-order valence-corrected chi connectivity index (χ1v) is 9.48. The van der Waals surface area contributed by atoms with Crippen LogP contribution in [0.5, 0.6) is 0 Å². The summed E-state index contributed by atoms with van der Waals surface area (Å²) < 4.78 is 5.96. The summed E-state index contributed by atoms with van der Waals surface area (Å²) in [6, 6.07) is 0. The van der Waals surface area contributed by atoms with Gasteiger partial charge in [-0.1, -0.05) is 13.8 Å². The second-order valence-corrected chi connectivity index (χ2v) is 9.16. The van der Waals surface area contributed by atoms with E-state index in [1.165, 1.54) is 0 Å². The Morgan fingerprint density at radius 2 is 1.83 bits per heavy atom. The zero-order valence-corrected chi connectivity index (χ0v) is 14.8. The van der Waals surface area contributed by atoms with E-state index in [9.17, 15) is 9.59 Å². The first kappa shape index (κ1) is 15.8. The molecule has 0 aromatic rings. The van der Waals surface area contributed by atoms with Crippen LogP contribution in [0, 0.1) is 34.5 Å². The highest BCUT2D eigenvalue weighted by molar-refractivity contribution is 5.87. The van der Waals surface area contributed by atoms with Gasteiger partial charge in [-0.2, -0.15) is 0 Å². The molecular weight excluding hydrogens is 288 g/mol. The normalized spacial score (nSPS) is 52.7. The number of carbonyl (C=O) groups excluding carboxylic acids is 2. The average Bonchev–Trinajstić information content (AvgIpc) is 2.83. The first-order valence-electron chi connectivity index (χ1n) is 9.48. The van der Waals surface area contributed by atoms with Crippen LogP contribution in [0.25, 0.3) is 0 Å². The number of rotatable bonds is 1. The zero-order chi connectivity index (χ0) is 16.4. The fraction of sp³-hybridized carbons (Fsp3) is 0.900. The molecule has 0 radical (unpaired) electrons. The number of methoxy groups -OCH3 is 1. The number of hydrogen-bond acceptors (Lipinski definition) is 3. The molecule has 0 bridgehead atoms. The van der Waals surface area contributed by atoms with Crippen molar-refractivity contribution in [2.24, 2.45) is 34.5 Å². The lowest BCUT2D eigenvalue weighted by Gasteiger charge is -2.61. The standard InChI is InChI=1S/C20H30O3/c1-19-8-6-13(21)10-12(19)11-16(23-3)18-14-4-5-17(22)20(14,2)9-7-15(18)19/h12,14-16,18H,4-11H2,1-3H3/t12-,14+,15+,16?,18+,19+,20+/m1/s1. The highest BCUT2D eigenvalue weighted by Gasteiger charge is 2.62. The molecular formula is C20H30O3. The van der Waals surface area contributed by atoms with Gasteiger partial charge >= 0.3 is 0 Å². The van der Waals surface area contributed by atoms with Crippen LogP contribution in [0.3, 0.4) is 0 Å². The second kappa shape index (κ2) is 5.15. The van der Waals surface area contributed by atoms with Gasteiger partial charge in [-0.25, -0.2) is 0 Å². The van der Waals surface area contributed by atoms with Gasteiger partial charge in [0.05, 0.1) is 6.10 Å². The topological polar surface area (TPSA) is 43.4 Å². The van der Waals surface area contributed by atoms with Gasteiger partial charge in [-0.3, -0.25) is 9.59 Å². The third kappa shape index (κ3) is 2.04. The van der Waals surface area contributed by atoms with E-state index >= 15 is 0 Å². The van der Waals surface area contributed by atoms with Crippen LogP contribution in [0.2, 0.25) is 0 Å². The van der Waals surface area contributed by atoms with Crippen molar-refractivity contribution in [2.45, 2.75) is 71.3 Å². The molecule has 4 aliphatic carbocycles. The summed E-state index contributed by atoms with van der Waals surface area (Å²) in [7, 11) is 1.83. The Kier molecular flexibility index (Phi) is 3.54. The summed E-state index contributed by atoms with van der Waals surface area (Å²) >= 11 is 0. The van der Waals surface area contributed by atoms with E-state index in [-0.39, 0.29) is 16.9 Å². The minimum Gasteiger partial charge on any atom is -0.381 e. The SMILES string of the molecule is COC1C[C@H]2CC(=O)CC[C@]2(C)[C@H]2CC[C@]3(C)C(=O)CC[C@H]3[C@H]12. The molecule has 0 aliphatic heterocycles. The molecule has 3 heteroatoms. The van der Waals surface area contributed by atoms with Crippen LogP contribution in [-0.4, -0.2) is 24.8 Å². The van der Waals surface area contributed by atoms with E-state index in [2.05, 4.69) is 13.8 Å². The fourth-order valence-corrected chi connectivity index (χ4v) is 7.01. The average molecular weight is 318 g/mol. The summed E-state index contributed by atoms with van der Waals surface area (Å²) in [4.78, 5) is 24.5. The van der Waals surface area contributed by atoms with Crippen molar-refractivity contribution in [2.75, 3.05) is 7.11 Å². The highest BCUT2D eigenvalue weighted by Crippen LogP contribution is 2.65. The van der Waals surface area contributed by atoms with Gasteiger partial charge < -0.3 is 4.74 Å². The van der Waals surface area contributed by atoms with Crippen molar-refractivity contribution in [1.29, 1.82) is 0 Å². The van der Waals surface area contributed by atoms with Gasteiger partial charge in [-0.05, 0) is 61.2 Å². The third-order valence-electron chi connectivity index (χ3n) is 8.49. The molecule has 3 nitrogen and oxygen atoms in total. The van der Waals surface area contributed by atoms with Crippen molar-refractivity contribution in [3.63, 3.8) is 0 Å². The molecule has 23 heavy (non-hydrogen) atoms. The van der Waals surface area contributed by atoms with Crippen LogP contribution in [0.1, 0.15) is 65.2 Å². The first-order chi connectivity index (χ1) is 10.9. The molecule has 0 saturated heterocycles. The van der Waals surface area contributed by atoms with Gasteiger partial charge in [0.25, 0.3) is 0 Å². The minimum atomic E-state index is -0.106. The second-order valence-electron chi connectivity index (χ2n) is 9.16. The predicted molar refractivity (Wildman–Crippen MR) is 87.9 cm³/mol. The molecule has 0 spiro atoms. The lowest BCUT2D eigenvalue weighted by atomic mass is 9.44. The number of ether oxygens (including phenoxy) is 1. The Bertz CT molecular complexity index is 541. The molecule has 0 aromatic heterocycles. The molecule has 0 N–H and O–H groups in total. The summed E-state index contributed by atoms with van der Waals surface area (Å²) in [6.07, 6.45) is 7.81. The van der Waals surface area contributed by atoms with Crippen molar-refractivity contribution >= 4 is 11.6 Å². The number of Topliss-reactive ketones (excluding diaryl/α,β-unsaturated/α-hetero) is 2. The predicted octanol–water partition coefficient (Wildman–Crippen LogP) is 3.79. The van der Waals surface area contributed by atoms with Crippen molar-refractivity contribution in [3.05, 3.63) is 0 Å². The van der Waals surface area contributed by atoms with E-state index in [4.69, 9.17) is 4.74 Å². The van der Waals surface area contributed by atoms with Crippen LogP contribution in [0.15, 0.2) is 0 Å². The van der Waals surface area contributed by atoms with Crippen LogP contribution < -0.4 is 0 Å². The molecule has 128 valence electrons. The molecule has 0 aromatic carbocycles.